The zero-order chi connectivity index (χ0) is 19.6. The smallest absolute Gasteiger partial charge is 0.321 e. The molecule has 1 aliphatic heterocycles. The number of aryl methyl sites for hydroxylation is 1. The van der Waals surface area contributed by atoms with Crippen molar-refractivity contribution in [3.05, 3.63) is 53.6 Å². The second-order valence-electron chi connectivity index (χ2n) is 6.29. The van der Waals surface area contributed by atoms with E-state index in [1.165, 1.54) is 0 Å². The van der Waals surface area contributed by atoms with Crippen LogP contribution >= 0.6 is 0 Å². The molecule has 0 aliphatic carbocycles. The van der Waals surface area contributed by atoms with Crippen molar-refractivity contribution in [1.82, 2.24) is 5.32 Å². The van der Waals surface area contributed by atoms with Gasteiger partial charge in [0.05, 0.1) is 11.9 Å². The third-order valence-corrected chi connectivity index (χ3v) is 4.66. The van der Waals surface area contributed by atoms with Gasteiger partial charge in [-0.3, -0.25) is 14.4 Å². The fourth-order valence-corrected chi connectivity index (χ4v) is 3.37. The highest BCUT2D eigenvalue weighted by Gasteiger charge is 2.21. The Labute approximate surface area is 157 Å². The number of hydrogen-bond acceptors (Lipinski definition) is 4. The molecule has 0 spiro atoms. The topological polar surface area (TPSA) is 108 Å². The first-order chi connectivity index (χ1) is 12.7. The lowest BCUT2D eigenvalue weighted by Crippen LogP contribution is -2.27. The molecule has 9 heteroatoms. The number of rotatable bonds is 5. The van der Waals surface area contributed by atoms with Crippen LogP contribution in [0.15, 0.2) is 42.5 Å². The first-order valence-corrected chi connectivity index (χ1v) is 10.2. The summed E-state index contributed by atoms with van der Waals surface area (Å²) in [5.41, 5.74) is 2.63. The largest absolute Gasteiger partial charge is 0.336 e. The van der Waals surface area contributed by atoms with Gasteiger partial charge in [0.15, 0.2) is 0 Å². The number of nitrogens with one attached hydrogen (secondary N) is 3. The highest BCUT2D eigenvalue weighted by Crippen LogP contribution is 2.23. The number of anilines is 3. The van der Waals surface area contributed by atoms with E-state index in [9.17, 15) is 18.0 Å². The molecule has 0 atom stereocenters. The fourth-order valence-electron chi connectivity index (χ4n) is 2.75. The van der Waals surface area contributed by atoms with Gasteiger partial charge < -0.3 is 10.6 Å². The minimum atomic E-state index is -3.42. The predicted octanol–water partition coefficient (Wildman–Crippen LogP) is 2.15. The van der Waals surface area contributed by atoms with E-state index in [0.717, 1.165) is 11.8 Å². The molecular formula is C18H20N4O4S. The van der Waals surface area contributed by atoms with Crippen LogP contribution in [0.2, 0.25) is 0 Å². The second-order valence-corrected chi connectivity index (χ2v) is 8.04. The number of urea groups is 1. The maximum absolute atomic E-state index is 12.6. The van der Waals surface area contributed by atoms with Crippen molar-refractivity contribution >= 4 is 39.0 Å². The first kappa shape index (κ1) is 18.7. The highest BCUT2D eigenvalue weighted by molar-refractivity contribution is 7.92. The van der Waals surface area contributed by atoms with Crippen LogP contribution in [0.5, 0.6) is 0 Å². The molecule has 0 bridgehead atoms. The van der Waals surface area contributed by atoms with Crippen LogP contribution in [0, 0.1) is 6.92 Å². The van der Waals surface area contributed by atoms with Gasteiger partial charge in [-0.15, -0.1) is 0 Å². The van der Waals surface area contributed by atoms with Gasteiger partial charge in [-0.2, -0.15) is 0 Å². The molecule has 1 fully saturated rings. The molecule has 0 aromatic heterocycles. The van der Waals surface area contributed by atoms with Crippen LogP contribution < -0.4 is 20.3 Å². The minimum absolute atomic E-state index is 0.192. The quantitative estimate of drug-likeness (QED) is 0.729. The number of nitrogens with zero attached hydrogens (tertiary/aromatic N) is 1. The highest BCUT2D eigenvalue weighted by atomic mass is 32.2. The molecule has 27 heavy (non-hydrogen) atoms. The molecule has 1 saturated heterocycles. The summed E-state index contributed by atoms with van der Waals surface area (Å²) in [5.74, 6) is -0.356. The standard InChI is InChI=1S/C18H20N4O4S/c1-12-6-7-14(11-16(12)21-27(2,25)26)20-17(23)13-4-3-5-15(10-13)22-9-8-19-18(22)24/h3-7,10-11,21H,8-9H2,1-2H3,(H,19,24)(H,20,23). The Hall–Kier alpha value is -3.07. The van der Waals surface area contributed by atoms with Gasteiger partial charge >= 0.3 is 6.03 Å². The Morgan fingerprint density at radius 1 is 1.19 bits per heavy atom. The third kappa shape index (κ3) is 4.56. The van der Waals surface area contributed by atoms with Crippen LogP contribution in [0.4, 0.5) is 21.9 Å². The van der Waals surface area contributed by atoms with Crippen molar-refractivity contribution in [2.45, 2.75) is 6.92 Å². The van der Waals surface area contributed by atoms with E-state index in [1.807, 2.05) is 0 Å². The summed E-state index contributed by atoms with van der Waals surface area (Å²) in [4.78, 5) is 25.9. The monoisotopic (exact) mass is 388 g/mol. The van der Waals surface area contributed by atoms with Gasteiger partial charge in [-0.1, -0.05) is 12.1 Å². The Balaban J connectivity index is 1.80. The van der Waals surface area contributed by atoms with E-state index in [1.54, 1.807) is 54.3 Å². The van der Waals surface area contributed by atoms with Crippen LogP contribution in [0.3, 0.4) is 0 Å². The third-order valence-electron chi connectivity index (χ3n) is 4.07. The molecule has 142 valence electrons. The molecule has 0 radical (unpaired) electrons. The summed E-state index contributed by atoms with van der Waals surface area (Å²) in [7, 11) is -3.42. The van der Waals surface area contributed by atoms with Crippen LogP contribution in [-0.2, 0) is 10.0 Å². The lowest BCUT2D eigenvalue weighted by atomic mass is 10.1. The lowest BCUT2D eigenvalue weighted by Gasteiger charge is -2.15. The van der Waals surface area contributed by atoms with Crippen molar-refractivity contribution in [2.75, 3.05) is 34.3 Å². The predicted molar refractivity (Wildman–Crippen MR) is 105 cm³/mol. The number of sulfonamides is 1. The molecule has 3 amide bonds. The normalized spacial score (nSPS) is 14.0. The van der Waals surface area contributed by atoms with E-state index in [4.69, 9.17) is 0 Å². The van der Waals surface area contributed by atoms with Crippen molar-refractivity contribution < 1.29 is 18.0 Å². The zero-order valence-corrected chi connectivity index (χ0v) is 15.8. The molecule has 1 aliphatic rings. The second kappa shape index (κ2) is 7.28. The molecule has 0 saturated carbocycles. The summed E-state index contributed by atoms with van der Waals surface area (Å²) in [6.07, 6.45) is 1.07. The van der Waals surface area contributed by atoms with E-state index in [0.29, 0.717) is 35.7 Å². The molecular weight excluding hydrogens is 368 g/mol. The van der Waals surface area contributed by atoms with Gasteiger partial charge in [0.2, 0.25) is 10.0 Å². The number of carbonyl (C=O) groups is 2. The Morgan fingerprint density at radius 3 is 2.63 bits per heavy atom. The number of amides is 3. The maximum atomic E-state index is 12.6. The zero-order valence-electron chi connectivity index (χ0n) is 14.9. The molecule has 3 N–H and O–H groups in total. The van der Waals surface area contributed by atoms with Crippen LogP contribution in [0.1, 0.15) is 15.9 Å². The Morgan fingerprint density at radius 2 is 1.96 bits per heavy atom. The maximum Gasteiger partial charge on any atom is 0.321 e. The van der Waals surface area contributed by atoms with E-state index >= 15 is 0 Å². The van der Waals surface area contributed by atoms with Crippen LogP contribution in [-0.4, -0.2) is 39.7 Å². The van der Waals surface area contributed by atoms with E-state index in [2.05, 4.69) is 15.4 Å². The van der Waals surface area contributed by atoms with Crippen molar-refractivity contribution in [3.8, 4) is 0 Å². The van der Waals surface area contributed by atoms with Gasteiger partial charge in [0.25, 0.3) is 5.91 Å². The lowest BCUT2D eigenvalue weighted by molar-refractivity contribution is 0.102. The molecule has 1 heterocycles. The average Bonchev–Trinajstić information content (AvgIpc) is 3.03. The van der Waals surface area contributed by atoms with Gasteiger partial charge in [-0.25, -0.2) is 13.2 Å². The van der Waals surface area contributed by atoms with E-state index in [-0.39, 0.29) is 11.9 Å². The van der Waals surface area contributed by atoms with Crippen molar-refractivity contribution in [1.29, 1.82) is 0 Å². The minimum Gasteiger partial charge on any atom is -0.336 e. The van der Waals surface area contributed by atoms with Crippen LogP contribution in [0.25, 0.3) is 0 Å². The fraction of sp³-hybridized carbons (Fsp3) is 0.222. The van der Waals surface area contributed by atoms with Gasteiger partial charge in [-0.05, 0) is 42.8 Å². The SMILES string of the molecule is Cc1ccc(NC(=O)c2cccc(N3CCNC3=O)c2)cc1NS(C)(=O)=O. The number of hydrogen-bond donors (Lipinski definition) is 3. The summed E-state index contributed by atoms with van der Waals surface area (Å²) in [5, 5.41) is 5.46. The summed E-state index contributed by atoms with van der Waals surface area (Å²) < 4.78 is 25.3. The summed E-state index contributed by atoms with van der Waals surface area (Å²) in [6.45, 7) is 2.88. The number of carbonyl (C=O) groups excluding carboxylic acids is 2. The summed E-state index contributed by atoms with van der Waals surface area (Å²) >= 11 is 0. The average molecular weight is 388 g/mol. The number of benzene rings is 2. The van der Waals surface area contributed by atoms with Crippen molar-refractivity contribution in [2.24, 2.45) is 0 Å². The first-order valence-electron chi connectivity index (χ1n) is 8.28. The molecule has 3 rings (SSSR count). The molecule has 0 unspecified atom stereocenters. The Bertz CT molecular complexity index is 1000. The molecule has 2 aromatic rings. The Kier molecular flexibility index (Phi) is 5.04. The van der Waals surface area contributed by atoms with Crippen molar-refractivity contribution in [3.63, 3.8) is 0 Å². The summed E-state index contributed by atoms with van der Waals surface area (Å²) in [6, 6.07) is 11.5. The van der Waals surface area contributed by atoms with Gasteiger partial charge in [0, 0.05) is 30.0 Å². The van der Waals surface area contributed by atoms with E-state index < -0.39 is 10.0 Å². The van der Waals surface area contributed by atoms with Gasteiger partial charge in [0.1, 0.15) is 0 Å². The molecule has 8 nitrogen and oxygen atoms in total. The molecule has 2 aromatic carbocycles.